The third-order valence-electron chi connectivity index (χ3n) is 4.22. The summed E-state index contributed by atoms with van der Waals surface area (Å²) < 4.78 is 1.99. The molecule has 0 saturated heterocycles. The van der Waals surface area contributed by atoms with Crippen molar-refractivity contribution < 1.29 is 0 Å². The SMILES string of the molecule is CSC1CCCC1NC(C)c1c(C)nn(C)c1C. The molecule has 1 N–H and O–H groups in total. The van der Waals surface area contributed by atoms with Gasteiger partial charge in [-0.2, -0.15) is 16.9 Å². The smallest absolute Gasteiger partial charge is 0.0644 e. The highest BCUT2D eigenvalue weighted by Crippen LogP contribution is 2.31. The molecule has 0 aromatic carbocycles. The van der Waals surface area contributed by atoms with E-state index in [4.69, 9.17) is 0 Å². The lowest BCUT2D eigenvalue weighted by Crippen LogP contribution is -2.36. The molecular weight excluding hydrogens is 242 g/mol. The van der Waals surface area contributed by atoms with Crippen molar-refractivity contribution in [1.29, 1.82) is 0 Å². The first-order chi connectivity index (χ1) is 8.54. The van der Waals surface area contributed by atoms with Crippen LogP contribution in [0.3, 0.4) is 0 Å². The zero-order chi connectivity index (χ0) is 13.3. The molecule has 0 amide bonds. The van der Waals surface area contributed by atoms with Crippen LogP contribution in [0.2, 0.25) is 0 Å². The molecule has 0 spiro atoms. The van der Waals surface area contributed by atoms with Crippen molar-refractivity contribution in [2.24, 2.45) is 7.05 Å². The van der Waals surface area contributed by atoms with Crippen LogP contribution >= 0.6 is 11.8 Å². The minimum Gasteiger partial charge on any atom is -0.306 e. The number of aryl methyl sites for hydroxylation is 2. The summed E-state index contributed by atoms with van der Waals surface area (Å²) in [5, 5.41) is 9.12. The molecule has 1 aliphatic rings. The zero-order valence-corrected chi connectivity index (χ0v) is 13.0. The van der Waals surface area contributed by atoms with Crippen LogP contribution < -0.4 is 5.32 Å². The molecule has 102 valence electrons. The summed E-state index contributed by atoms with van der Waals surface area (Å²) in [6, 6.07) is 1.06. The molecule has 3 nitrogen and oxygen atoms in total. The molecule has 1 aromatic rings. The van der Waals surface area contributed by atoms with Gasteiger partial charge in [0.1, 0.15) is 0 Å². The molecule has 0 radical (unpaired) electrons. The largest absolute Gasteiger partial charge is 0.306 e. The Hall–Kier alpha value is -0.480. The van der Waals surface area contributed by atoms with Crippen LogP contribution in [-0.2, 0) is 7.05 Å². The minimum absolute atomic E-state index is 0.399. The summed E-state index contributed by atoms with van der Waals surface area (Å²) >= 11 is 2.01. The van der Waals surface area contributed by atoms with E-state index in [0.717, 1.165) is 10.9 Å². The minimum atomic E-state index is 0.399. The average molecular weight is 267 g/mol. The van der Waals surface area contributed by atoms with E-state index < -0.39 is 0 Å². The molecule has 0 bridgehead atoms. The van der Waals surface area contributed by atoms with Crippen molar-refractivity contribution in [3.8, 4) is 0 Å². The van der Waals surface area contributed by atoms with Gasteiger partial charge in [-0.1, -0.05) is 6.42 Å². The van der Waals surface area contributed by atoms with Gasteiger partial charge in [-0.15, -0.1) is 0 Å². The number of nitrogens with one attached hydrogen (secondary N) is 1. The Morgan fingerprint density at radius 2 is 2.11 bits per heavy atom. The predicted molar refractivity (Wildman–Crippen MR) is 79.2 cm³/mol. The third kappa shape index (κ3) is 2.59. The number of nitrogens with zero attached hydrogens (tertiary/aromatic N) is 2. The molecule has 1 aromatic heterocycles. The average Bonchev–Trinajstić information content (AvgIpc) is 2.85. The standard InChI is InChI=1S/C14H25N3S/c1-9(14-10(2)16-17(4)11(14)3)15-12-7-6-8-13(12)18-5/h9,12-13,15H,6-8H2,1-5H3. The maximum Gasteiger partial charge on any atom is 0.0644 e. The predicted octanol–water partition coefficient (Wildman–Crippen LogP) is 2.97. The van der Waals surface area contributed by atoms with Gasteiger partial charge in [0.05, 0.1) is 5.69 Å². The van der Waals surface area contributed by atoms with Crippen molar-refractivity contribution in [2.45, 2.75) is 57.4 Å². The van der Waals surface area contributed by atoms with Crippen molar-refractivity contribution in [1.82, 2.24) is 15.1 Å². The maximum atomic E-state index is 4.52. The second-order valence-electron chi connectivity index (χ2n) is 5.41. The van der Waals surface area contributed by atoms with Crippen LogP contribution in [-0.4, -0.2) is 27.3 Å². The monoisotopic (exact) mass is 267 g/mol. The molecule has 3 atom stereocenters. The lowest BCUT2D eigenvalue weighted by Gasteiger charge is -2.24. The molecule has 4 heteroatoms. The van der Waals surface area contributed by atoms with Gasteiger partial charge in [-0.3, -0.25) is 4.68 Å². The third-order valence-corrected chi connectivity index (χ3v) is 5.39. The van der Waals surface area contributed by atoms with Crippen LogP contribution in [0.5, 0.6) is 0 Å². The highest BCUT2D eigenvalue weighted by molar-refractivity contribution is 7.99. The maximum absolute atomic E-state index is 4.52. The van der Waals surface area contributed by atoms with Crippen LogP contribution in [0.15, 0.2) is 0 Å². The van der Waals surface area contributed by atoms with E-state index in [0.29, 0.717) is 12.1 Å². The fourth-order valence-electron chi connectivity index (χ4n) is 3.22. The second kappa shape index (κ2) is 5.66. The first-order valence-corrected chi connectivity index (χ1v) is 8.12. The first kappa shape index (κ1) is 13.9. The lowest BCUT2D eigenvalue weighted by atomic mass is 10.0. The number of hydrogen-bond donors (Lipinski definition) is 1. The Kier molecular flexibility index (Phi) is 4.38. The Labute approximate surface area is 115 Å². The van der Waals surface area contributed by atoms with Crippen LogP contribution in [0.1, 0.15) is 49.2 Å². The van der Waals surface area contributed by atoms with Crippen LogP contribution in [0.25, 0.3) is 0 Å². The molecule has 1 heterocycles. The summed E-state index contributed by atoms with van der Waals surface area (Å²) in [4.78, 5) is 0. The molecule has 3 unspecified atom stereocenters. The zero-order valence-electron chi connectivity index (χ0n) is 12.2. The number of rotatable bonds is 4. The van der Waals surface area contributed by atoms with E-state index in [2.05, 4.69) is 37.4 Å². The molecule has 0 aliphatic heterocycles. The Morgan fingerprint density at radius 1 is 1.39 bits per heavy atom. The fourth-order valence-corrected chi connectivity index (χ4v) is 4.17. The molecule has 1 aliphatic carbocycles. The van der Waals surface area contributed by atoms with Gasteiger partial charge in [-0.05, 0) is 39.9 Å². The van der Waals surface area contributed by atoms with E-state index in [1.807, 2.05) is 23.5 Å². The van der Waals surface area contributed by atoms with Gasteiger partial charge in [-0.25, -0.2) is 0 Å². The van der Waals surface area contributed by atoms with Crippen molar-refractivity contribution in [2.75, 3.05) is 6.26 Å². The van der Waals surface area contributed by atoms with Gasteiger partial charge >= 0.3 is 0 Å². The highest BCUT2D eigenvalue weighted by Gasteiger charge is 2.28. The number of hydrogen-bond acceptors (Lipinski definition) is 3. The quantitative estimate of drug-likeness (QED) is 0.909. The first-order valence-electron chi connectivity index (χ1n) is 6.83. The Balaban J connectivity index is 2.09. The Morgan fingerprint density at radius 3 is 2.67 bits per heavy atom. The highest BCUT2D eigenvalue weighted by atomic mass is 32.2. The van der Waals surface area contributed by atoms with Crippen LogP contribution in [0.4, 0.5) is 0 Å². The van der Waals surface area contributed by atoms with Crippen molar-refractivity contribution >= 4 is 11.8 Å². The van der Waals surface area contributed by atoms with E-state index in [1.165, 1.54) is 30.5 Å². The molecule has 1 fully saturated rings. The summed E-state index contributed by atoms with van der Waals surface area (Å²) in [7, 11) is 2.03. The van der Waals surface area contributed by atoms with Gasteiger partial charge in [0.25, 0.3) is 0 Å². The van der Waals surface area contributed by atoms with Crippen LogP contribution in [0, 0.1) is 13.8 Å². The number of aromatic nitrogens is 2. The van der Waals surface area contributed by atoms with Crippen molar-refractivity contribution in [3.05, 3.63) is 17.0 Å². The Bertz CT molecular complexity index is 413. The van der Waals surface area contributed by atoms with Gasteiger partial charge < -0.3 is 5.32 Å². The molecule has 18 heavy (non-hydrogen) atoms. The van der Waals surface area contributed by atoms with Gasteiger partial charge in [0, 0.05) is 35.6 Å². The summed E-state index contributed by atoms with van der Waals surface area (Å²) in [6.07, 6.45) is 6.27. The summed E-state index contributed by atoms with van der Waals surface area (Å²) in [5.74, 6) is 0. The summed E-state index contributed by atoms with van der Waals surface area (Å²) in [6.45, 7) is 6.54. The molecule has 2 rings (SSSR count). The van der Waals surface area contributed by atoms with Gasteiger partial charge in [0.15, 0.2) is 0 Å². The van der Waals surface area contributed by atoms with E-state index in [-0.39, 0.29) is 0 Å². The lowest BCUT2D eigenvalue weighted by molar-refractivity contribution is 0.465. The second-order valence-corrected chi connectivity index (χ2v) is 6.48. The summed E-state index contributed by atoms with van der Waals surface area (Å²) in [5.41, 5.74) is 3.82. The van der Waals surface area contributed by atoms with E-state index >= 15 is 0 Å². The topological polar surface area (TPSA) is 29.9 Å². The van der Waals surface area contributed by atoms with Crippen molar-refractivity contribution in [3.63, 3.8) is 0 Å². The van der Waals surface area contributed by atoms with Gasteiger partial charge in [0.2, 0.25) is 0 Å². The molecule has 1 saturated carbocycles. The normalized spacial score (nSPS) is 25.6. The van der Waals surface area contributed by atoms with E-state index in [9.17, 15) is 0 Å². The molecular formula is C14H25N3S. The number of thioether (sulfide) groups is 1. The van der Waals surface area contributed by atoms with E-state index in [1.54, 1.807) is 0 Å². The fraction of sp³-hybridized carbons (Fsp3) is 0.786.